The third-order valence-electron chi connectivity index (χ3n) is 5.49. The van der Waals surface area contributed by atoms with Gasteiger partial charge in [0, 0.05) is 37.7 Å². The maximum Gasteiger partial charge on any atom is 0.257 e. The van der Waals surface area contributed by atoms with Crippen molar-refractivity contribution in [2.45, 2.75) is 19.4 Å². The maximum absolute atomic E-state index is 12.9. The average Bonchev–Trinajstić information content (AvgIpc) is 2.83. The number of methoxy groups -OCH3 is 2. The highest BCUT2D eigenvalue weighted by Crippen LogP contribution is 2.26. The monoisotopic (exact) mass is 460 g/mol. The minimum Gasteiger partial charge on any atom is -0.496 e. The second kappa shape index (κ2) is 11.7. The van der Waals surface area contributed by atoms with E-state index in [1.807, 2.05) is 24.3 Å². The molecule has 32 heavy (non-hydrogen) atoms. The molecule has 1 heterocycles. The molecule has 0 saturated carbocycles. The van der Waals surface area contributed by atoms with Crippen LogP contribution in [-0.4, -0.2) is 57.2 Å². The van der Waals surface area contributed by atoms with Crippen molar-refractivity contribution in [3.8, 4) is 11.5 Å². The molecule has 0 unspecified atom stereocenters. The Morgan fingerprint density at radius 1 is 1.06 bits per heavy atom. The van der Waals surface area contributed by atoms with Crippen LogP contribution < -0.4 is 14.8 Å². The van der Waals surface area contributed by atoms with Crippen molar-refractivity contribution in [3.05, 3.63) is 58.6 Å². The van der Waals surface area contributed by atoms with Crippen LogP contribution in [-0.2, 0) is 16.1 Å². The number of piperidine rings is 1. The van der Waals surface area contributed by atoms with Gasteiger partial charge in [-0.25, -0.2) is 0 Å². The van der Waals surface area contributed by atoms with E-state index in [1.165, 1.54) is 7.11 Å². The normalized spacial score (nSPS) is 14.2. The molecule has 0 aromatic heterocycles. The Labute approximate surface area is 193 Å². The van der Waals surface area contributed by atoms with E-state index in [-0.39, 0.29) is 17.7 Å². The summed E-state index contributed by atoms with van der Waals surface area (Å²) in [5, 5.41) is 3.49. The molecule has 1 aliphatic heterocycles. The Hall–Kier alpha value is -2.77. The van der Waals surface area contributed by atoms with E-state index in [2.05, 4.69) is 5.32 Å². The number of likely N-dealkylation sites (tertiary alicyclic amines) is 1. The predicted molar refractivity (Wildman–Crippen MR) is 122 cm³/mol. The molecule has 2 aromatic rings. The third kappa shape index (κ3) is 6.37. The Kier molecular flexibility index (Phi) is 8.76. The second-order valence-electron chi connectivity index (χ2n) is 7.61. The fourth-order valence-corrected chi connectivity index (χ4v) is 3.81. The first-order valence-corrected chi connectivity index (χ1v) is 11.0. The van der Waals surface area contributed by atoms with E-state index in [9.17, 15) is 9.59 Å². The van der Waals surface area contributed by atoms with Crippen LogP contribution in [0.4, 0.5) is 0 Å². The van der Waals surface area contributed by atoms with Crippen molar-refractivity contribution in [2.75, 3.05) is 40.5 Å². The third-order valence-corrected chi connectivity index (χ3v) is 5.73. The van der Waals surface area contributed by atoms with Gasteiger partial charge in [-0.1, -0.05) is 23.7 Å². The minimum atomic E-state index is -0.129. The fraction of sp³-hybridized carbons (Fsp3) is 0.417. The van der Waals surface area contributed by atoms with Crippen LogP contribution in [0.25, 0.3) is 0 Å². The number of hydrogen-bond donors (Lipinski definition) is 1. The number of ether oxygens (including phenoxy) is 3. The predicted octanol–water partition coefficient (Wildman–Crippen LogP) is 3.54. The Morgan fingerprint density at radius 3 is 2.44 bits per heavy atom. The van der Waals surface area contributed by atoms with Crippen LogP contribution in [0.3, 0.4) is 0 Å². The number of halogens is 1. The lowest BCUT2D eigenvalue weighted by molar-refractivity contribution is -0.126. The number of amides is 2. The summed E-state index contributed by atoms with van der Waals surface area (Å²) >= 11 is 6.05. The quantitative estimate of drug-likeness (QED) is 0.579. The van der Waals surface area contributed by atoms with Gasteiger partial charge in [-0.3, -0.25) is 9.59 Å². The number of hydrogen-bond acceptors (Lipinski definition) is 5. The molecule has 0 bridgehead atoms. The van der Waals surface area contributed by atoms with Gasteiger partial charge in [0.15, 0.2) is 0 Å². The molecule has 1 fully saturated rings. The van der Waals surface area contributed by atoms with Crippen LogP contribution in [0.2, 0.25) is 5.02 Å². The molecule has 0 atom stereocenters. The zero-order valence-corrected chi connectivity index (χ0v) is 19.2. The Morgan fingerprint density at radius 2 is 1.78 bits per heavy atom. The summed E-state index contributed by atoms with van der Waals surface area (Å²) in [6.45, 7) is 2.52. The highest BCUT2D eigenvalue weighted by atomic mass is 35.5. The molecule has 7 nitrogen and oxygen atoms in total. The van der Waals surface area contributed by atoms with Gasteiger partial charge >= 0.3 is 0 Å². The molecule has 1 N–H and O–H groups in total. The average molecular weight is 461 g/mol. The van der Waals surface area contributed by atoms with Crippen LogP contribution in [0.15, 0.2) is 42.5 Å². The first-order valence-electron chi connectivity index (χ1n) is 10.6. The summed E-state index contributed by atoms with van der Waals surface area (Å²) in [6, 6.07) is 12.6. The molecule has 172 valence electrons. The second-order valence-corrected chi connectivity index (χ2v) is 8.05. The summed E-state index contributed by atoms with van der Waals surface area (Å²) in [6.07, 6.45) is 1.24. The summed E-state index contributed by atoms with van der Waals surface area (Å²) < 4.78 is 15.8. The van der Waals surface area contributed by atoms with Gasteiger partial charge in [0.2, 0.25) is 5.91 Å². The topological polar surface area (TPSA) is 77.1 Å². The molecule has 0 radical (unpaired) electrons. The number of carbonyl (C=O) groups excluding carboxylic acids is 2. The molecule has 2 aromatic carbocycles. The lowest BCUT2D eigenvalue weighted by Crippen LogP contribution is -2.43. The zero-order chi connectivity index (χ0) is 22.9. The van der Waals surface area contributed by atoms with Crippen molar-refractivity contribution < 1.29 is 23.8 Å². The number of nitrogens with zero attached hydrogens (tertiary/aromatic N) is 1. The number of carbonyl (C=O) groups is 2. The van der Waals surface area contributed by atoms with Crippen molar-refractivity contribution in [2.24, 2.45) is 5.92 Å². The molecule has 2 amide bonds. The van der Waals surface area contributed by atoms with E-state index in [0.29, 0.717) is 62.0 Å². The van der Waals surface area contributed by atoms with Crippen molar-refractivity contribution in [1.82, 2.24) is 10.2 Å². The Balaban J connectivity index is 1.46. The first-order chi connectivity index (χ1) is 15.5. The molecule has 3 rings (SSSR count). The maximum atomic E-state index is 12.9. The van der Waals surface area contributed by atoms with E-state index >= 15 is 0 Å². The number of nitrogens with one attached hydrogen (secondary N) is 1. The van der Waals surface area contributed by atoms with Crippen LogP contribution >= 0.6 is 11.6 Å². The lowest BCUT2D eigenvalue weighted by atomic mass is 9.95. The van der Waals surface area contributed by atoms with Gasteiger partial charge in [0.1, 0.15) is 18.1 Å². The highest BCUT2D eigenvalue weighted by molar-refractivity contribution is 6.31. The van der Waals surface area contributed by atoms with Gasteiger partial charge in [-0.2, -0.15) is 0 Å². The summed E-state index contributed by atoms with van der Waals surface area (Å²) in [4.78, 5) is 27.3. The van der Waals surface area contributed by atoms with Gasteiger partial charge in [0.05, 0.1) is 19.3 Å². The number of rotatable bonds is 9. The van der Waals surface area contributed by atoms with Crippen LogP contribution in [0.1, 0.15) is 28.8 Å². The smallest absolute Gasteiger partial charge is 0.257 e. The van der Waals surface area contributed by atoms with E-state index in [4.69, 9.17) is 25.8 Å². The van der Waals surface area contributed by atoms with Gasteiger partial charge in [0.25, 0.3) is 5.91 Å². The standard InChI is InChI=1S/C24H29ClN2O5/c1-30-13-14-32-20-6-3-17(4-7-20)16-26-23(28)18-9-11-27(12-10-18)24(29)21-15-19(25)5-8-22(21)31-2/h3-8,15,18H,9-14,16H2,1-2H3,(H,26,28). The summed E-state index contributed by atoms with van der Waals surface area (Å²) in [5.74, 6) is 1.03. The molecule has 0 spiro atoms. The van der Waals surface area contributed by atoms with E-state index < -0.39 is 0 Å². The molecule has 8 heteroatoms. The van der Waals surface area contributed by atoms with E-state index in [1.54, 1.807) is 30.2 Å². The fourth-order valence-electron chi connectivity index (χ4n) is 3.64. The first kappa shape index (κ1) is 23.9. The van der Waals surface area contributed by atoms with Crippen LogP contribution in [0.5, 0.6) is 11.5 Å². The SMILES string of the molecule is COCCOc1ccc(CNC(=O)C2CCN(C(=O)c3cc(Cl)ccc3OC)CC2)cc1. The van der Waals surface area contributed by atoms with Crippen molar-refractivity contribution in [3.63, 3.8) is 0 Å². The highest BCUT2D eigenvalue weighted by Gasteiger charge is 2.29. The minimum absolute atomic E-state index is 0.0119. The van der Waals surface area contributed by atoms with Gasteiger partial charge in [-0.15, -0.1) is 0 Å². The molecule has 0 aliphatic carbocycles. The Bertz CT molecular complexity index is 911. The molecule has 1 aliphatic rings. The number of benzene rings is 2. The largest absolute Gasteiger partial charge is 0.496 e. The van der Waals surface area contributed by atoms with E-state index in [0.717, 1.165) is 11.3 Å². The van der Waals surface area contributed by atoms with Gasteiger partial charge < -0.3 is 24.4 Å². The summed E-state index contributed by atoms with van der Waals surface area (Å²) in [5.41, 5.74) is 1.44. The van der Waals surface area contributed by atoms with Gasteiger partial charge in [-0.05, 0) is 48.7 Å². The zero-order valence-electron chi connectivity index (χ0n) is 18.4. The molecular weight excluding hydrogens is 432 g/mol. The lowest BCUT2D eigenvalue weighted by Gasteiger charge is -2.31. The van der Waals surface area contributed by atoms with Crippen molar-refractivity contribution in [1.29, 1.82) is 0 Å². The molecular formula is C24H29ClN2O5. The molecule has 1 saturated heterocycles. The summed E-state index contributed by atoms with van der Waals surface area (Å²) in [7, 11) is 3.16. The van der Waals surface area contributed by atoms with Crippen molar-refractivity contribution >= 4 is 23.4 Å². The van der Waals surface area contributed by atoms with Crippen LogP contribution in [0, 0.1) is 5.92 Å².